The summed E-state index contributed by atoms with van der Waals surface area (Å²) in [5.41, 5.74) is 0.839. The van der Waals surface area contributed by atoms with E-state index in [1.165, 1.54) is 14.2 Å². The van der Waals surface area contributed by atoms with Crippen LogP contribution in [0.2, 0.25) is 0 Å². The molecule has 1 heterocycles. The summed E-state index contributed by atoms with van der Waals surface area (Å²) in [7, 11) is 2.50. The van der Waals surface area contributed by atoms with E-state index in [0.29, 0.717) is 19.6 Å². The van der Waals surface area contributed by atoms with Gasteiger partial charge in [-0.15, -0.1) is 0 Å². The average Bonchev–Trinajstić information content (AvgIpc) is 2.75. The number of carbonyl (C=O) groups excluding carboxylic acids is 2. The Morgan fingerprint density at radius 1 is 1.09 bits per heavy atom. The van der Waals surface area contributed by atoms with Crippen molar-refractivity contribution < 1.29 is 33.3 Å². The van der Waals surface area contributed by atoms with Crippen LogP contribution in [0.3, 0.4) is 0 Å². The first-order valence-electron chi connectivity index (χ1n) is 11.0. The number of rotatable bonds is 10. The quantitative estimate of drug-likeness (QED) is 0.306. The average molecular weight is 449 g/mol. The van der Waals surface area contributed by atoms with Gasteiger partial charge in [0.2, 0.25) is 0 Å². The molecular formula is C25H36O7. The maximum absolute atomic E-state index is 11.9. The van der Waals surface area contributed by atoms with Gasteiger partial charge in [0.1, 0.15) is 0 Å². The highest BCUT2D eigenvalue weighted by atomic mass is 16.6. The molecule has 1 fully saturated rings. The van der Waals surface area contributed by atoms with Crippen molar-refractivity contribution in [2.75, 3.05) is 20.8 Å². The summed E-state index contributed by atoms with van der Waals surface area (Å²) in [5.74, 6) is -2.23. The monoisotopic (exact) mass is 448 g/mol. The Morgan fingerprint density at radius 3 is 2.34 bits per heavy atom. The second-order valence-corrected chi connectivity index (χ2v) is 8.88. The lowest BCUT2D eigenvalue weighted by Gasteiger charge is -2.37. The Bertz CT molecular complexity index is 722. The number of allylic oxidation sites excluding steroid dienone is 1. The fraction of sp³-hybridized carbons (Fsp3) is 0.600. The van der Waals surface area contributed by atoms with Crippen LogP contribution in [-0.4, -0.2) is 56.7 Å². The second-order valence-electron chi connectivity index (χ2n) is 8.88. The molecule has 1 aromatic carbocycles. The van der Waals surface area contributed by atoms with E-state index in [1.54, 1.807) is 6.08 Å². The molecule has 1 aliphatic rings. The van der Waals surface area contributed by atoms with Gasteiger partial charge in [-0.25, -0.2) is 0 Å². The summed E-state index contributed by atoms with van der Waals surface area (Å²) < 4.78 is 27.7. The van der Waals surface area contributed by atoms with Crippen molar-refractivity contribution in [3.63, 3.8) is 0 Å². The fourth-order valence-electron chi connectivity index (χ4n) is 3.66. The molecule has 1 aliphatic heterocycles. The molecule has 2 rings (SSSR count). The number of carbonyl (C=O) groups is 2. The fourth-order valence-corrected chi connectivity index (χ4v) is 3.66. The second kappa shape index (κ2) is 12.7. The van der Waals surface area contributed by atoms with Crippen LogP contribution in [0.1, 0.15) is 45.6 Å². The minimum atomic E-state index is -0.989. The van der Waals surface area contributed by atoms with Crippen molar-refractivity contribution in [2.24, 2.45) is 5.92 Å². The van der Waals surface area contributed by atoms with Crippen LogP contribution in [0.4, 0.5) is 0 Å². The Balaban J connectivity index is 1.98. The van der Waals surface area contributed by atoms with Gasteiger partial charge in [-0.2, -0.15) is 0 Å². The van der Waals surface area contributed by atoms with Gasteiger partial charge in [-0.3, -0.25) is 9.59 Å². The number of esters is 2. The molecule has 0 spiro atoms. The van der Waals surface area contributed by atoms with Crippen LogP contribution in [0.15, 0.2) is 42.5 Å². The van der Waals surface area contributed by atoms with Gasteiger partial charge in [0.25, 0.3) is 0 Å². The predicted molar refractivity (Wildman–Crippen MR) is 120 cm³/mol. The third-order valence-electron chi connectivity index (χ3n) is 5.02. The number of benzene rings is 1. The Labute approximate surface area is 191 Å². The molecule has 32 heavy (non-hydrogen) atoms. The molecule has 0 radical (unpaired) electrons. The van der Waals surface area contributed by atoms with Gasteiger partial charge < -0.3 is 23.7 Å². The van der Waals surface area contributed by atoms with Crippen LogP contribution in [0.25, 0.3) is 0 Å². The first kappa shape index (κ1) is 26.0. The highest BCUT2D eigenvalue weighted by molar-refractivity contribution is 5.94. The van der Waals surface area contributed by atoms with Crippen molar-refractivity contribution in [3.8, 4) is 0 Å². The van der Waals surface area contributed by atoms with Crippen LogP contribution in [-0.2, 0) is 39.9 Å². The molecule has 3 atom stereocenters. The molecule has 0 bridgehead atoms. The van der Waals surface area contributed by atoms with E-state index in [0.717, 1.165) is 12.0 Å². The number of ether oxygens (including phenoxy) is 5. The summed E-state index contributed by atoms with van der Waals surface area (Å²) in [6.45, 7) is 7.07. The zero-order valence-corrected chi connectivity index (χ0v) is 19.7. The van der Waals surface area contributed by atoms with Crippen molar-refractivity contribution in [3.05, 3.63) is 48.0 Å². The van der Waals surface area contributed by atoms with E-state index in [2.05, 4.69) is 0 Å². The zero-order chi connectivity index (χ0) is 23.6. The van der Waals surface area contributed by atoms with Gasteiger partial charge in [-0.05, 0) is 32.8 Å². The molecule has 0 amide bonds. The van der Waals surface area contributed by atoms with Gasteiger partial charge in [0.05, 0.1) is 51.3 Å². The maximum atomic E-state index is 11.9. The summed E-state index contributed by atoms with van der Waals surface area (Å²) in [4.78, 5) is 23.7. The lowest BCUT2D eigenvalue weighted by Crippen LogP contribution is -2.41. The van der Waals surface area contributed by atoms with Crippen LogP contribution < -0.4 is 0 Å². The van der Waals surface area contributed by atoms with Gasteiger partial charge in [0, 0.05) is 12.8 Å². The third kappa shape index (κ3) is 9.10. The maximum Gasteiger partial charge on any atom is 0.320 e. The van der Waals surface area contributed by atoms with Gasteiger partial charge >= 0.3 is 11.9 Å². The first-order valence-corrected chi connectivity index (χ1v) is 11.0. The van der Waals surface area contributed by atoms with E-state index in [1.807, 2.05) is 57.2 Å². The number of hydrogen-bond donors (Lipinski definition) is 0. The van der Waals surface area contributed by atoms with Crippen molar-refractivity contribution >= 4 is 11.9 Å². The largest absolute Gasteiger partial charge is 0.468 e. The molecule has 0 N–H and O–H groups in total. The highest BCUT2D eigenvalue weighted by Crippen LogP contribution is 2.27. The van der Waals surface area contributed by atoms with Gasteiger partial charge in [0.15, 0.2) is 5.92 Å². The summed E-state index contributed by atoms with van der Waals surface area (Å²) in [5, 5.41) is 0. The van der Waals surface area contributed by atoms with E-state index in [-0.39, 0.29) is 30.3 Å². The van der Waals surface area contributed by atoms with Crippen LogP contribution in [0.5, 0.6) is 0 Å². The molecular weight excluding hydrogens is 412 g/mol. The molecule has 0 aromatic heterocycles. The van der Waals surface area contributed by atoms with Crippen LogP contribution in [0, 0.1) is 5.92 Å². The molecule has 1 aromatic rings. The Morgan fingerprint density at radius 2 is 1.75 bits per heavy atom. The molecule has 178 valence electrons. The number of hydrogen-bond acceptors (Lipinski definition) is 7. The molecule has 7 heteroatoms. The number of methoxy groups -OCH3 is 2. The Kier molecular flexibility index (Phi) is 10.4. The van der Waals surface area contributed by atoms with E-state index in [9.17, 15) is 9.59 Å². The Hall–Kier alpha value is -2.22. The lowest BCUT2D eigenvalue weighted by molar-refractivity contribution is -0.159. The van der Waals surface area contributed by atoms with Crippen molar-refractivity contribution in [1.29, 1.82) is 0 Å². The van der Waals surface area contributed by atoms with Crippen molar-refractivity contribution in [1.82, 2.24) is 0 Å². The zero-order valence-electron chi connectivity index (χ0n) is 19.7. The SMILES string of the molecule is COC(=O)C(C/C=C/[C@H]1C[C@@H](OC(C)(C)C)C[C@@H](COCc2ccccc2)O1)C(=O)OC. The standard InChI is InChI=1S/C25H36O7/c1-25(2,3)32-20-14-19(12-9-13-22(23(26)28-4)24(27)29-5)31-21(15-20)17-30-16-18-10-7-6-8-11-18/h6-12,19-22H,13-17H2,1-5H3/b12-9+/t19-,20+,21-/m0/s1. The molecule has 0 saturated carbocycles. The lowest BCUT2D eigenvalue weighted by atomic mass is 9.98. The van der Waals surface area contributed by atoms with Crippen LogP contribution >= 0.6 is 0 Å². The van der Waals surface area contributed by atoms with E-state index >= 15 is 0 Å². The topological polar surface area (TPSA) is 80.3 Å². The highest BCUT2D eigenvalue weighted by Gasteiger charge is 2.32. The predicted octanol–water partition coefficient (Wildman–Crippen LogP) is 3.84. The molecule has 0 unspecified atom stereocenters. The third-order valence-corrected chi connectivity index (χ3v) is 5.02. The minimum Gasteiger partial charge on any atom is -0.468 e. The first-order chi connectivity index (χ1) is 15.2. The van der Waals surface area contributed by atoms with Crippen molar-refractivity contribution in [2.45, 2.75) is 70.6 Å². The smallest absolute Gasteiger partial charge is 0.320 e. The minimum absolute atomic E-state index is 0.0146. The molecule has 7 nitrogen and oxygen atoms in total. The molecule has 1 saturated heterocycles. The van der Waals surface area contributed by atoms with Gasteiger partial charge in [-0.1, -0.05) is 42.5 Å². The summed E-state index contributed by atoms with van der Waals surface area (Å²) in [6.07, 6.45) is 4.93. The van der Waals surface area contributed by atoms with E-state index in [4.69, 9.17) is 23.7 Å². The summed E-state index contributed by atoms with van der Waals surface area (Å²) in [6, 6.07) is 10.00. The van der Waals surface area contributed by atoms with E-state index < -0.39 is 17.9 Å². The normalized spacial score (nSPS) is 21.6. The molecule has 0 aliphatic carbocycles. The summed E-state index contributed by atoms with van der Waals surface area (Å²) >= 11 is 0.